The molecule has 32 heavy (non-hydrogen) atoms. The van der Waals surface area contributed by atoms with Crippen molar-refractivity contribution in [3.05, 3.63) is 120 Å². The van der Waals surface area contributed by atoms with E-state index in [1.54, 1.807) is 18.3 Å². The van der Waals surface area contributed by atoms with E-state index >= 15 is 4.39 Å². The van der Waals surface area contributed by atoms with Crippen LogP contribution < -0.4 is 5.73 Å². The molecule has 0 bridgehead atoms. The molecule has 1 aliphatic rings. The summed E-state index contributed by atoms with van der Waals surface area (Å²) in [6, 6.07) is 24.8. The second kappa shape index (κ2) is 7.89. The molecule has 2 N–H and O–H groups in total. The summed E-state index contributed by atoms with van der Waals surface area (Å²) in [6.07, 6.45) is 3.50. The Kier molecular flexibility index (Phi) is 4.90. The van der Waals surface area contributed by atoms with E-state index in [0.29, 0.717) is 29.5 Å². The predicted molar refractivity (Wildman–Crippen MR) is 125 cm³/mol. The first-order valence-corrected chi connectivity index (χ1v) is 10.4. The highest BCUT2D eigenvalue weighted by molar-refractivity contribution is 6.13. The van der Waals surface area contributed by atoms with Gasteiger partial charge in [-0.25, -0.2) is 14.4 Å². The molecule has 6 heteroatoms. The Labute approximate surface area is 185 Å². The van der Waals surface area contributed by atoms with Gasteiger partial charge in [-0.15, -0.1) is 0 Å². The Balaban J connectivity index is 1.62. The Morgan fingerprint density at radius 2 is 1.66 bits per heavy atom. The number of fused-ring (bicyclic) bond motifs is 1. The Morgan fingerprint density at radius 3 is 2.31 bits per heavy atom. The maximum Gasteiger partial charge on any atom is 0.175 e. The van der Waals surface area contributed by atoms with Gasteiger partial charge in [0.1, 0.15) is 11.4 Å². The molecule has 0 saturated carbocycles. The van der Waals surface area contributed by atoms with E-state index in [4.69, 9.17) is 10.7 Å². The summed E-state index contributed by atoms with van der Waals surface area (Å²) in [5.41, 5.74) is 9.15. The Bertz CT molecular complexity index is 1280. The largest absolute Gasteiger partial charge is 0.381 e. The highest BCUT2D eigenvalue weighted by Gasteiger charge is 2.35. The summed E-state index contributed by atoms with van der Waals surface area (Å²) in [4.78, 5) is 13.8. The van der Waals surface area contributed by atoms with Gasteiger partial charge >= 0.3 is 0 Å². The van der Waals surface area contributed by atoms with E-state index in [1.807, 2.05) is 78.4 Å². The van der Waals surface area contributed by atoms with E-state index < -0.39 is 5.54 Å². The first-order valence-electron chi connectivity index (χ1n) is 10.4. The lowest BCUT2D eigenvalue weighted by atomic mass is 9.90. The minimum Gasteiger partial charge on any atom is -0.381 e. The number of nitrogens with two attached hydrogens (primary N) is 1. The molecule has 1 aromatic heterocycles. The molecular weight excluding hydrogens is 401 g/mol. The van der Waals surface area contributed by atoms with E-state index in [-0.39, 0.29) is 5.82 Å². The van der Waals surface area contributed by atoms with Crippen LogP contribution in [-0.2, 0) is 12.1 Å². The second-order valence-electron chi connectivity index (χ2n) is 8.01. The van der Waals surface area contributed by atoms with Crippen LogP contribution >= 0.6 is 0 Å². The molecular formula is C26H22FN5. The average molecular weight is 423 g/mol. The molecule has 5 rings (SSSR count). The number of nitrogens with zero attached hydrogens (tertiary/aromatic N) is 4. The maximum atomic E-state index is 15.0. The van der Waals surface area contributed by atoms with Gasteiger partial charge in [-0.1, -0.05) is 60.7 Å². The lowest BCUT2D eigenvalue weighted by molar-refractivity contribution is 0.383. The fourth-order valence-corrected chi connectivity index (χ4v) is 4.11. The Hall–Kier alpha value is -4.06. The van der Waals surface area contributed by atoms with Crippen LogP contribution in [0.2, 0.25) is 0 Å². The van der Waals surface area contributed by atoms with Crippen LogP contribution in [0.5, 0.6) is 0 Å². The van der Waals surface area contributed by atoms with Crippen LogP contribution in [-0.4, -0.2) is 21.1 Å². The van der Waals surface area contributed by atoms with Gasteiger partial charge < -0.3 is 10.3 Å². The second-order valence-corrected chi connectivity index (χ2v) is 8.01. The van der Waals surface area contributed by atoms with E-state index in [0.717, 1.165) is 16.8 Å². The average Bonchev–Trinajstić information content (AvgIpc) is 3.28. The van der Waals surface area contributed by atoms with Crippen molar-refractivity contribution in [2.75, 3.05) is 0 Å². The fraction of sp³-hybridized carbons (Fsp3) is 0.115. The molecule has 1 aliphatic heterocycles. The monoisotopic (exact) mass is 423 g/mol. The van der Waals surface area contributed by atoms with Gasteiger partial charge in [0.05, 0.1) is 17.9 Å². The normalized spacial score (nSPS) is 17.4. The van der Waals surface area contributed by atoms with Crippen molar-refractivity contribution in [3.63, 3.8) is 0 Å². The third kappa shape index (κ3) is 3.60. The molecule has 0 amide bonds. The first-order chi connectivity index (χ1) is 15.5. The molecule has 0 spiro atoms. The van der Waals surface area contributed by atoms with Crippen LogP contribution in [0.4, 0.5) is 10.1 Å². The summed E-state index contributed by atoms with van der Waals surface area (Å²) < 4.78 is 16.9. The van der Waals surface area contributed by atoms with Crippen LogP contribution in [0.15, 0.2) is 101 Å². The number of hydrogen-bond donors (Lipinski definition) is 1. The number of benzene rings is 3. The first kappa shape index (κ1) is 19.9. The summed E-state index contributed by atoms with van der Waals surface area (Å²) >= 11 is 0. The molecule has 0 radical (unpaired) electrons. The molecule has 0 saturated heterocycles. The van der Waals surface area contributed by atoms with E-state index in [1.165, 1.54) is 6.07 Å². The van der Waals surface area contributed by atoms with Crippen LogP contribution in [0.1, 0.15) is 29.4 Å². The summed E-state index contributed by atoms with van der Waals surface area (Å²) in [7, 11) is 0. The zero-order chi connectivity index (χ0) is 22.1. The van der Waals surface area contributed by atoms with Crippen molar-refractivity contribution >= 4 is 17.2 Å². The van der Waals surface area contributed by atoms with Crippen molar-refractivity contribution < 1.29 is 4.39 Å². The highest BCUT2D eigenvalue weighted by Crippen LogP contribution is 2.35. The predicted octanol–water partition coefficient (Wildman–Crippen LogP) is 4.83. The number of imidazole rings is 1. The molecule has 0 fully saturated rings. The molecule has 5 nitrogen and oxygen atoms in total. The topological polar surface area (TPSA) is 68.6 Å². The molecule has 158 valence electrons. The number of aliphatic imine (C=N–C) groups is 2. The molecule has 3 aromatic carbocycles. The number of hydrogen-bond acceptors (Lipinski definition) is 4. The number of aromatic nitrogens is 2. The SMILES string of the molecule is CC1(c2cc(N=C(c3ccccc3)c3ccccc3)ccc2F)Cn2ccnc2C(N)=N1. The van der Waals surface area contributed by atoms with Crippen LogP contribution in [0.25, 0.3) is 0 Å². The molecule has 0 aliphatic carbocycles. The van der Waals surface area contributed by atoms with Crippen molar-refractivity contribution in [1.82, 2.24) is 9.55 Å². The number of rotatable bonds is 4. The van der Waals surface area contributed by atoms with Crippen LogP contribution in [0.3, 0.4) is 0 Å². The molecule has 1 unspecified atom stereocenters. The van der Waals surface area contributed by atoms with Crippen molar-refractivity contribution in [2.45, 2.75) is 19.0 Å². The quantitative estimate of drug-likeness (QED) is 0.478. The smallest absolute Gasteiger partial charge is 0.175 e. The van der Waals surface area contributed by atoms with Gasteiger partial charge in [0.15, 0.2) is 11.7 Å². The van der Waals surface area contributed by atoms with Gasteiger partial charge in [-0.05, 0) is 25.1 Å². The molecule has 1 atom stereocenters. The summed E-state index contributed by atoms with van der Waals surface area (Å²) in [6.45, 7) is 2.32. The third-order valence-electron chi connectivity index (χ3n) is 5.66. The summed E-state index contributed by atoms with van der Waals surface area (Å²) in [5, 5.41) is 0. The third-order valence-corrected chi connectivity index (χ3v) is 5.66. The van der Waals surface area contributed by atoms with Gasteiger partial charge in [0, 0.05) is 29.1 Å². The van der Waals surface area contributed by atoms with Crippen LogP contribution in [0, 0.1) is 5.82 Å². The lowest BCUT2D eigenvalue weighted by Crippen LogP contribution is -2.37. The van der Waals surface area contributed by atoms with Crippen molar-refractivity contribution in [3.8, 4) is 0 Å². The standard InChI is InChI=1S/C26H22FN5/c1-26(17-32-15-14-29-25(32)24(28)31-26)21-16-20(12-13-22(21)27)30-23(18-8-4-2-5-9-18)19-10-6-3-7-11-19/h2-16H,17H2,1H3,(H2,28,31). The fourth-order valence-electron chi connectivity index (χ4n) is 4.11. The van der Waals surface area contributed by atoms with E-state index in [2.05, 4.69) is 9.98 Å². The van der Waals surface area contributed by atoms with Gasteiger partial charge in [-0.3, -0.25) is 4.99 Å². The maximum absolute atomic E-state index is 15.0. The van der Waals surface area contributed by atoms with E-state index in [9.17, 15) is 0 Å². The minimum absolute atomic E-state index is 0.298. The summed E-state index contributed by atoms with van der Waals surface area (Å²) in [5.74, 6) is 0.561. The number of amidine groups is 1. The van der Waals surface area contributed by atoms with Crippen molar-refractivity contribution in [1.29, 1.82) is 0 Å². The van der Waals surface area contributed by atoms with Gasteiger partial charge in [0.2, 0.25) is 0 Å². The highest BCUT2D eigenvalue weighted by atomic mass is 19.1. The zero-order valence-electron chi connectivity index (χ0n) is 17.6. The molecule has 2 heterocycles. The Morgan fingerprint density at radius 1 is 1.00 bits per heavy atom. The van der Waals surface area contributed by atoms with Gasteiger partial charge in [-0.2, -0.15) is 0 Å². The lowest BCUT2D eigenvalue weighted by Gasteiger charge is -2.31. The molecule has 4 aromatic rings. The van der Waals surface area contributed by atoms with Gasteiger partial charge in [0.25, 0.3) is 0 Å². The minimum atomic E-state index is -0.868. The zero-order valence-corrected chi connectivity index (χ0v) is 17.6. The van der Waals surface area contributed by atoms with Crippen molar-refractivity contribution in [2.24, 2.45) is 15.7 Å². The number of halogens is 1.